The Hall–Kier alpha value is -4.14. The standard InChI is InChI=1S/C24H24N4O5/c25-22(26-12-14-4-2-1-3-5-14)15-6-7-19-16(8-15)10-20(33-19)24(32)27-13-18-9-17(11-21(29)30)23(31)28-18/h1-8,10,17-18H,9,11-13H2,(H2,25,26)(H,27,32)(H,28,31)(H,29,30). The Kier molecular flexibility index (Phi) is 6.39. The van der Waals surface area contributed by atoms with E-state index in [-0.39, 0.29) is 30.7 Å². The Morgan fingerprint density at radius 2 is 1.97 bits per heavy atom. The number of furan rings is 1. The van der Waals surface area contributed by atoms with Crippen LogP contribution < -0.4 is 16.4 Å². The summed E-state index contributed by atoms with van der Waals surface area (Å²) < 4.78 is 5.65. The summed E-state index contributed by atoms with van der Waals surface area (Å²) in [6.45, 7) is 0.650. The van der Waals surface area contributed by atoms with E-state index in [1.165, 1.54) is 0 Å². The fourth-order valence-corrected chi connectivity index (χ4v) is 3.82. The number of carboxylic acids is 1. The van der Waals surface area contributed by atoms with Crippen molar-refractivity contribution in [1.82, 2.24) is 10.6 Å². The molecule has 2 aromatic carbocycles. The lowest BCUT2D eigenvalue weighted by Gasteiger charge is -2.10. The van der Waals surface area contributed by atoms with Crippen LogP contribution in [0.25, 0.3) is 11.0 Å². The third-order valence-corrected chi connectivity index (χ3v) is 5.53. The fraction of sp³-hybridized carbons (Fsp3) is 0.250. The molecule has 9 heteroatoms. The van der Waals surface area contributed by atoms with Gasteiger partial charge in [-0.15, -0.1) is 0 Å². The topological polar surface area (TPSA) is 147 Å². The van der Waals surface area contributed by atoms with E-state index >= 15 is 0 Å². The predicted octanol–water partition coefficient (Wildman–Crippen LogP) is 2.05. The largest absolute Gasteiger partial charge is 0.481 e. The third kappa shape index (κ3) is 5.38. The number of rotatable bonds is 8. The highest BCUT2D eigenvalue weighted by atomic mass is 16.4. The van der Waals surface area contributed by atoms with Gasteiger partial charge in [0.1, 0.15) is 11.4 Å². The minimum absolute atomic E-state index is 0.133. The first-order valence-corrected chi connectivity index (χ1v) is 10.6. The second kappa shape index (κ2) is 9.56. The summed E-state index contributed by atoms with van der Waals surface area (Å²) in [6.07, 6.45) is 0.135. The summed E-state index contributed by atoms with van der Waals surface area (Å²) in [7, 11) is 0. The van der Waals surface area contributed by atoms with E-state index in [9.17, 15) is 14.4 Å². The molecular formula is C24H24N4O5. The maximum absolute atomic E-state index is 12.5. The lowest BCUT2D eigenvalue weighted by atomic mass is 10.0. The van der Waals surface area contributed by atoms with Gasteiger partial charge < -0.3 is 25.9 Å². The molecule has 0 spiro atoms. The molecule has 2 heterocycles. The number of carboxylic acid groups (broad SMARTS) is 1. The third-order valence-electron chi connectivity index (χ3n) is 5.53. The number of carbonyl (C=O) groups is 3. The summed E-state index contributed by atoms with van der Waals surface area (Å²) in [6, 6.07) is 16.4. The van der Waals surface area contributed by atoms with Crippen LogP contribution in [0.4, 0.5) is 0 Å². The van der Waals surface area contributed by atoms with Crippen molar-refractivity contribution in [2.24, 2.45) is 16.6 Å². The molecule has 0 aliphatic carbocycles. The molecule has 0 saturated carbocycles. The van der Waals surface area contributed by atoms with Gasteiger partial charge >= 0.3 is 5.97 Å². The van der Waals surface area contributed by atoms with Crippen molar-refractivity contribution in [2.45, 2.75) is 25.4 Å². The zero-order chi connectivity index (χ0) is 23.4. The number of hydrogen-bond acceptors (Lipinski definition) is 5. The SMILES string of the molecule is NC(=NCc1ccccc1)c1ccc2oc(C(=O)NCC3CC(CC(=O)O)C(=O)N3)cc2c1. The summed E-state index contributed by atoms with van der Waals surface area (Å²) >= 11 is 0. The van der Waals surface area contributed by atoms with Crippen LogP contribution in [-0.2, 0) is 16.1 Å². The highest BCUT2D eigenvalue weighted by molar-refractivity contribution is 6.02. The summed E-state index contributed by atoms with van der Waals surface area (Å²) in [5.41, 5.74) is 8.46. The molecule has 33 heavy (non-hydrogen) atoms. The molecule has 3 aromatic rings. The van der Waals surface area contributed by atoms with Crippen LogP contribution >= 0.6 is 0 Å². The normalized spacial score (nSPS) is 18.3. The minimum Gasteiger partial charge on any atom is -0.481 e. The Labute approximate surface area is 189 Å². The van der Waals surface area contributed by atoms with Crippen molar-refractivity contribution in [1.29, 1.82) is 0 Å². The molecular weight excluding hydrogens is 424 g/mol. The number of amides is 2. The average Bonchev–Trinajstić information content (AvgIpc) is 3.38. The van der Waals surface area contributed by atoms with E-state index < -0.39 is 17.8 Å². The molecule has 9 nitrogen and oxygen atoms in total. The van der Waals surface area contributed by atoms with E-state index in [1.54, 1.807) is 18.2 Å². The Morgan fingerprint density at radius 3 is 2.73 bits per heavy atom. The van der Waals surface area contributed by atoms with E-state index in [1.807, 2.05) is 36.4 Å². The maximum atomic E-state index is 12.5. The van der Waals surface area contributed by atoms with E-state index in [2.05, 4.69) is 15.6 Å². The van der Waals surface area contributed by atoms with Gasteiger partial charge in [0.15, 0.2) is 5.76 Å². The van der Waals surface area contributed by atoms with Crippen LogP contribution in [0.2, 0.25) is 0 Å². The molecule has 4 rings (SSSR count). The van der Waals surface area contributed by atoms with Crippen molar-refractivity contribution in [3.8, 4) is 0 Å². The number of benzene rings is 2. The number of nitrogens with zero attached hydrogens (tertiary/aromatic N) is 1. The quantitative estimate of drug-likeness (QED) is 0.306. The number of amidine groups is 1. The number of hydrogen-bond donors (Lipinski definition) is 4. The minimum atomic E-state index is -1.02. The maximum Gasteiger partial charge on any atom is 0.304 e. The monoisotopic (exact) mass is 448 g/mol. The second-order valence-corrected chi connectivity index (χ2v) is 8.00. The van der Waals surface area contributed by atoms with Gasteiger partial charge in [-0.25, -0.2) is 0 Å². The first-order chi connectivity index (χ1) is 15.9. The molecule has 0 radical (unpaired) electrons. The number of nitrogens with one attached hydrogen (secondary N) is 2. The predicted molar refractivity (Wildman–Crippen MR) is 122 cm³/mol. The van der Waals surface area contributed by atoms with Crippen LogP contribution in [0.15, 0.2) is 64.0 Å². The van der Waals surface area contributed by atoms with Gasteiger partial charge in [-0.1, -0.05) is 30.3 Å². The smallest absolute Gasteiger partial charge is 0.304 e. The number of aliphatic carboxylic acids is 1. The van der Waals surface area contributed by atoms with Crippen LogP contribution in [-0.4, -0.2) is 41.3 Å². The summed E-state index contributed by atoms with van der Waals surface area (Å²) in [5.74, 6) is -1.81. The number of nitrogens with two attached hydrogens (primary N) is 1. The van der Waals surface area contributed by atoms with Gasteiger partial charge in [-0.3, -0.25) is 19.4 Å². The summed E-state index contributed by atoms with van der Waals surface area (Å²) in [4.78, 5) is 39.6. The van der Waals surface area contributed by atoms with E-state index in [0.29, 0.717) is 29.8 Å². The molecule has 1 aromatic heterocycles. The van der Waals surface area contributed by atoms with E-state index in [0.717, 1.165) is 11.1 Å². The first-order valence-electron chi connectivity index (χ1n) is 10.6. The van der Waals surface area contributed by atoms with Gasteiger partial charge in [-0.2, -0.15) is 0 Å². The average molecular weight is 448 g/mol. The first kappa shape index (κ1) is 22.1. The van der Waals surface area contributed by atoms with Crippen LogP contribution in [0, 0.1) is 5.92 Å². The van der Waals surface area contributed by atoms with Gasteiger partial charge in [0, 0.05) is 23.5 Å². The lowest BCUT2D eigenvalue weighted by molar-refractivity contribution is -0.140. The highest BCUT2D eigenvalue weighted by Gasteiger charge is 2.33. The molecule has 1 fully saturated rings. The van der Waals surface area contributed by atoms with Crippen LogP contribution in [0.5, 0.6) is 0 Å². The molecule has 2 amide bonds. The number of carbonyl (C=O) groups excluding carboxylic acids is 2. The van der Waals surface area contributed by atoms with Crippen LogP contribution in [0.1, 0.15) is 34.5 Å². The lowest BCUT2D eigenvalue weighted by Crippen LogP contribution is -2.38. The number of fused-ring (bicyclic) bond motifs is 1. The van der Waals surface area contributed by atoms with Crippen molar-refractivity contribution in [2.75, 3.05) is 6.54 Å². The molecule has 170 valence electrons. The molecule has 2 atom stereocenters. The van der Waals surface area contributed by atoms with Gasteiger partial charge in [0.2, 0.25) is 5.91 Å². The molecule has 1 aliphatic heterocycles. The zero-order valence-corrected chi connectivity index (χ0v) is 17.8. The van der Waals surface area contributed by atoms with Gasteiger partial charge in [0.05, 0.1) is 18.9 Å². The second-order valence-electron chi connectivity index (χ2n) is 8.00. The molecule has 1 saturated heterocycles. The molecule has 1 aliphatic rings. The fourth-order valence-electron chi connectivity index (χ4n) is 3.82. The summed E-state index contributed by atoms with van der Waals surface area (Å²) in [5, 5.41) is 15.0. The van der Waals surface area contributed by atoms with Gasteiger partial charge in [0.25, 0.3) is 5.91 Å². The van der Waals surface area contributed by atoms with Gasteiger partial charge in [-0.05, 0) is 36.2 Å². The van der Waals surface area contributed by atoms with Crippen molar-refractivity contribution < 1.29 is 23.9 Å². The van der Waals surface area contributed by atoms with Crippen molar-refractivity contribution in [3.05, 3.63) is 71.5 Å². The highest BCUT2D eigenvalue weighted by Crippen LogP contribution is 2.22. The Balaban J connectivity index is 1.38. The molecule has 0 bridgehead atoms. The Morgan fingerprint density at radius 1 is 1.18 bits per heavy atom. The van der Waals surface area contributed by atoms with Crippen LogP contribution in [0.3, 0.4) is 0 Å². The zero-order valence-electron chi connectivity index (χ0n) is 17.8. The van der Waals surface area contributed by atoms with E-state index in [4.69, 9.17) is 15.3 Å². The Bertz CT molecular complexity index is 1220. The molecule has 5 N–H and O–H groups in total. The number of aliphatic imine (C=N–C) groups is 1. The van der Waals surface area contributed by atoms with Crippen molar-refractivity contribution in [3.63, 3.8) is 0 Å². The molecule has 2 unspecified atom stereocenters. The van der Waals surface area contributed by atoms with Crippen molar-refractivity contribution >= 4 is 34.6 Å².